The third-order valence-corrected chi connectivity index (χ3v) is 3.04. The largest absolute Gasteiger partial charge is 0.293 e. The summed E-state index contributed by atoms with van der Waals surface area (Å²) in [7, 11) is 0. The molecule has 0 saturated carbocycles. The molecule has 2 aromatic rings. The Morgan fingerprint density at radius 2 is 1.81 bits per heavy atom. The zero-order chi connectivity index (χ0) is 11.0. The van der Waals surface area contributed by atoms with Crippen molar-refractivity contribution in [3.63, 3.8) is 0 Å². The fourth-order valence-corrected chi connectivity index (χ4v) is 2.33. The lowest BCUT2D eigenvalue weighted by atomic mass is 10.1. The van der Waals surface area contributed by atoms with Crippen LogP contribution in [0, 0.1) is 11.5 Å². The van der Waals surface area contributed by atoms with Gasteiger partial charge >= 0.3 is 0 Å². The summed E-state index contributed by atoms with van der Waals surface area (Å²) in [6.07, 6.45) is 2.90. The fourth-order valence-electron chi connectivity index (χ4n) is 2.33. The average Bonchev–Trinajstić information content (AvgIpc) is 2.69. The van der Waals surface area contributed by atoms with Crippen molar-refractivity contribution in [2.24, 2.45) is 0 Å². The SMILES string of the molecule is N#CNc1cccc2c1Cc1ccccc1-2. The van der Waals surface area contributed by atoms with Gasteiger partial charge in [-0.3, -0.25) is 5.32 Å². The van der Waals surface area contributed by atoms with Crippen LogP contribution in [-0.4, -0.2) is 0 Å². The van der Waals surface area contributed by atoms with E-state index in [1.54, 1.807) is 0 Å². The maximum atomic E-state index is 8.71. The lowest BCUT2D eigenvalue weighted by molar-refractivity contribution is 1.26. The highest BCUT2D eigenvalue weighted by Gasteiger charge is 2.19. The highest BCUT2D eigenvalue weighted by atomic mass is 14.9. The molecule has 0 heterocycles. The summed E-state index contributed by atoms with van der Waals surface area (Å²) in [4.78, 5) is 0. The monoisotopic (exact) mass is 206 g/mol. The van der Waals surface area contributed by atoms with Gasteiger partial charge in [0.05, 0.1) is 5.69 Å². The molecule has 0 aromatic heterocycles. The van der Waals surface area contributed by atoms with Crippen LogP contribution in [-0.2, 0) is 6.42 Å². The summed E-state index contributed by atoms with van der Waals surface area (Å²) in [5.41, 5.74) is 6.03. The number of hydrogen-bond donors (Lipinski definition) is 1. The van der Waals surface area contributed by atoms with E-state index in [0.717, 1.165) is 12.1 Å². The molecule has 1 N–H and O–H groups in total. The van der Waals surface area contributed by atoms with E-state index in [1.807, 2.05) is 18.3 Å². The first-order valence-corrected chi connectivity index (χ1v) is 5.25. The van der Waals surface area contributed by atoms with Gasteiger partial charge in [0.25, 0.3) is 0 Å². The Balaban J connectivity index is 2.20. The molecule has 0 fully saturated rings. The molecule has 0 bridgehead atoms. The highest BCUT2D eigenvalue weighted by molar-refractivity contribution is 5.82. The second-order valence-corrected chi connectivity index (χ2v) is 3.90. The van der Waals surface area contributed by atoms with Gasteiger partial charge in [-0.2, -0.15) is 5.26 Å². The van der Waals surface area contributed by atoms with Crippen molar-refractivity contribution >= 4 is 5.69 Å². The molecule has 0 saturated heterocycles. The van der Waals surface area contributed by atoms with E-state index in [1.165, 1.54) is 22.3 Å². The van der Waals surface area contributed by atoms with E-state index in [2.05, 4.69) is 35.6 Å². The molecule has 1 aliphatic rings. The molecule has 76 valence electrons. The first kappa shape index (κ1) is 8.99. The molecule has 0 amide bonds. The molecule has 0 radical (unpaired) electrons. The zero-order valence-electron chi connectivity index (χ0n) is 8.70. The minimum Gasteiger partial charge on any atom is -0.293 e. The maximum absolute atomic E-state index is 8.71. The Labute approximate surface area is 94.2 Å². The van der Waals surface area contributed by atoms with Gasteiger partial charge in [-0.05, 0) is 28.3 Å². The van der Waals surface area contributed by atoms with Gasteiger partial charge in [-0.15, -0.1) is 0 Å². The molecule has 1 aliphatic carbocycles. The summed E-state index contributed by atoms with van der Waals surface area (Å²) in [5, 5.41) is 11.5. The van der Waals surface area contributed by atoms with Gasteiger partial charge in [0.1, 0.15) is 0 Å². The molecular formula is C14H10N2. The second kappa shape index (κ2) is 3.39. The molecule has 2 nitrogen and oxygen atoms in total. The normalized spacial score (nSPS) is 11.4. The van der Waals surface area contributed by atoms with Crippen LogP contribution in [0.4, 0.5) is 5.69 Å². The molecule has 0 spiro atoms. The number of nitriles is 1. The number of fused-ring (bicyclic) bond motifs is 3. The van der Waals surface area contributed by atoms with Crippen molar-refractivity contribution in [2.45, 2.75) is 6.42 Å². The molecule has 0 aliphatic heterocycles. The summed E-state index contributed by atoms with van der Waals surface area (Å²) in [6.45, 7) is 0. The van der Waals surface area contributed by atoms with Crippen molar-refractivity contribution in [2.75, 3.05) is 5.32 Å². The van der Waals surface area contributed by atoms with Crippen LogP contribution in [0.5, 0.6) is 0 Å². The van der Waals surface area contributed by atoms with Crippen LogP contribution in [0.2, 0.25) is 0 Å². The molecular weight excluding hydrogens is 196 g/mol. The van der Waals surface area contributed by atoms with Crippen LogP contribution in [0.25, 0.3) is 11.1 Å². The smallest absolute Gasteiger partial charge is 0.181 e. The molecule has 0 unspecified atom stereocenters. The number of nitrogens with one attached hydrogen (secondary N) is 1. The number of nitrogens with zero attached hydrogens (tertiary/aromatic N) is 1. The Bertz CT molecular complexity index is 594. The molecule has 3 rings (SSSR count). The van der Waals surface area contributed by atoms with Crippen LogP contribution in [0.1, 0.15) is 11.1 Å². The van der Waals surface area contributed by atoms with Gasteiger partial charge in [0, 0.05) is 6.42 Å². The van der Waals surface area contributed by atoms with Crippen molar-refractivity contribution < 1.29 is 0 Å². The van der Waals surface area contributed by atoms with Crippen LogP contribution in [0.15, 0.2) is 42.5 Å². The first-order valence-electron chi connectivity index (χ1n) is 5.25. The van der Waals surface area contributed by atoms with Crippen molar-refractivity contribution in [1.82, 2.24) is 0 Å². The predicted octanol–water partition coefficient (Wildman–Crippen LogP) is 3.15. The molecule has 16 heavy (non-hydrogen) atoms. The molecule has 2 heteroatoms. The van der Waals surface area contributed by atoms with E-state index in [9.17, 15) is 0 Å². The number of benzene rings is 2. The van der Waals surface area contributed by atoms with Gasteiger partial charge in [0.15, 0.2) is 6.19 Å². The topological polar surface area (TPSA) is 35.8 Å². The molecule has 0 atom stereocenters. The quantitative estimate of drug-likeness (QED) is 0.490. The lowest BCUT2D eigenvalue weighted by Gasteiger charge is -2.05. The van der Waals surface area contributed by atoms with Crippen molar-refractivity contribution in [3.05, 3.63) is 53.6 Å². The first-order chi connectivity index (χ1) is 7.90. The third-order valence-electron chi connectivity index (χ3n) is 3.04. The maximum Gasteiger partial charge on any atom is 0.181 e. The Morgan fingerprint density at radius 1 is 1.00 bits per heavy atom. The predicted molar refractivity (Wildman–Crippen MR) is 63.9 cm³/mol. The number of anilines is 1. The Kier molecular flexibility index (Phi) is 1.91. The zero-order valence-corrected chi connectivity index (χ0v) is 8.70. The van der Waals surface area contributed by atoms with Gasteiger partial charge in [-0.25, -0.2) is 0 Å². The van der Waals surface area contributed by atoms with Crippen LogP contribution >= 0.6 is 0 Å². The summed E-state index contributed by atoms with van der Waals surface area (Å²) in [6, 6.07) is 14.4. The lowest BCUT2D eigenvalue weighted by Crippen LogP contribution is -1.93. The van der Waals surface area contributed by atoms with Gasteiger partial charge < -0.3 is 0 Å². The third kappa shape index (κ3) is 1.19. The standard InChI is InChI=1S/C14H10N2/c15-9-16-14-7-3-6-12-11-5-2-1-4-10(11)8-13(12)14/h1-7,16H,8H2. The van der Waals surface area contributed by atoms with Crippen molar-refractivity contribution in [1.29, 1.82) is 5.26 Å². The van der Waals surface area contributed by atoms with Crippen molar-refractivity contribution in [3.8, 4) is 17.3 Å². The molecule has 2 aromatic carbocycles. The van der Waals surface area contributed by atoms with E-state index < -0.39 is 0 Å². The summed E-state index contributed by atoms with van der Waals surface area (Å²) in [5.74, 6) is 0. The minimum absolute atomic E-state index is 0.913. The van der Waals surface area contributed by atoms with Crippen LogP contribution in [0.3, 0.4) is 0 Å². The summed E-state index contributed by atoms with van der Waals surface area (Å²) < 4.78 is 0. The Hall–Kier alpha value is -2.27. The minimum atomic E-state index is 0.913. The van der Waals surface area contributed by atoms with Gasteiger partial charge in [0.2, 0.25) is 0 Å². The van der Waals surface area contributed by atoms with E-state index in [0.29, 0.717) is 0 Å². The fraction of sp³-hybridized carbons (Fsp3) is 0.0714. The van der Waals surface area contributed by atoms with Gasteiger partial charge in [-0.1, -0.05) is 36.4 Å². The summed E-state index contributed by atoms with van der Waals surface area (Å²) >= 11 is 0. The highest BCUT2D eigenvalue weighted by Crippen LogP contribution is 2.39. The van der Waals surface area contributed by atoms with E-state index in [-0.39, 0.29) is 0 Å². The average molecular weight is 206 g/mol. The number of hydrogen-bond acceptors (Lipinski definition) is 2. The Morgan fingerprint density at radius 3 is 2.69 bits per heavy atom. The number of rotatable bonds is 1. The second-order valence-electron chi connectivity index (χ2n) is 3.90. The van der Waals surface area contributed by atoms with E-state index >= 15 is 0 Å². The van der Waals surface area contributed by atoms with E-state index in [4.69, 9.17) is 5.26 Å². The van der Waals surface area contributed by atoms with Crippen LogP contribution < -0.4 is 5.32 Å².